The van der Waals surface area contributed by atoms with Gasteiger partial charge in [-0.15, -0.1) is 12.4 Å². The van der Waals surface area contributed by atoms with Crippen molar-refractivity contribution in [3.8, 4) is 0 Å². The normalized spacial score (nSPS) is 17.7. The van der Waals surface area contributed by atoms with Crippen molar-refractivity contribution in [3.05, 3.63) is 29.8 Å². The summed E-state index contributed by atoms with van der Waals surface area (Å²) in [5.41, 5.74) is 6.92. The van der Waals surface area contributed by atoms with E-state index >= 15 is 0 Å². The van der Waals surface area contributed by atoms with Gasteiger partial charge >= 0.3 is 0 Å². The van der Waals surface area contributed by atoms with Crippen LogP contribution >= 0.6 is 12.4 Å². The summed E-state index contributed by atoms with van der Waals surface area (Å²) in [5, 5.41) is 0. The van der Waals surface area contributed by atoms with E-state index < -0.39 is 10.0 Å². The van der Waals surface area contributed by atoms with Gasteiger partial charge < -0.3 is 5.73 Å². The summed E-state index contributed by atoms with van der Waals surface area (Å²) in [6, 6.07) is 7.51. The number of benzene rings is 1. The zero-order chi connectivity index (χ0) is 14.8. The van der Waals surface area contributed by atoms with Gasteiger partial charge in [0.05, 0.1) is 4.90 Å². The van der Waals surface area contributed by atoms with Crippen LogP contribution in [-0.2, 0) is 16.6 Å². The number of nitrogens with zero attached hydrogens (tertiary/aromatic N) is 2. The van der Waals surface area contributed by atoms with Gasteiger partial charge in [-0.25, -0.2) is 12.7 Å². The fourth-order valence-electron chi connectivity index (χ4n) is 2.38. The minimum absolute atomic E-state index is 0. The molecule has 7 heteroatoms. The first kappa shape index (κ1) is 18.4. The molecule has 5 nitrogen and oxygen atoms in total. The Morgan fingerprint density at radius 1 is 1.29 bits per heavy atom. The van der Waals surface area contributed by atoms with Gasteiger partial charge in [0.1, 0.15) is 0 Å². The minimum Gasteiger partial charge on any atom is -0.328 e. The maximum Gasteiger partial charge on any atom is 0.242 e. The highest BCUT2D eigenvalue weighted by Crippen LogP contribution is 2.17. The number of hydrogen-bond donors (Lipinski definition) is 1. The molecule has 1 aliphatic rings. The molecule has 1 aromatic carbocycles. The second kappa shape index (κ2) is 7.56. The lowest BCUT2D eigenvalue weighted by molar-refractivity contribution is 0.205. The molecule has 0 radical (unpaired) electrons. The Morgan fingerprint density at radius 3 is 2.48 bits per heavy atom. The topological polar surface area (TPSA) is 66.6 Å². The average Bonchev–Trinajstić information content (AvgIpc) is 2.41. The molecule has 2 N–H and O–H groups in total. The van der Waals surface area contributed by atoms with Crippen molar-refractivity contribution in [2.75, 3.05) is 27.2 Å². The Morgan fingerprint density at radius 2 is 1.90 bits per heavy atom. The average molecular weight is 334 g/mol. The molecule has 1 aromatic rings. The van der Waals surface area contributed by atoms with Crippen LogP contribution in [0.5, 0.6) is 0 Å². The van der Waals surface area contributed by atoms with Crippen LogP contribution in [0.15, 0.2) is 29.2 Å². The second-order valence-electron chi connectivity index (χ2n) is 5.55. The number of piperidine rings is 1. The Hall–Kier alpha value is -0.660. The molecule has 0 bridgehead atoms. The van der Waals surface area contributed by atoms with Gasteiger partial charge in [-0.05, 0) is 43.6 Å². The van der Waals surface area contributed by atoms with Crippen LogP contribution < -0.4 is 5.73 Å². The molecule has 0 saturated carbocycles. The molecule has 1 aliphatic heterocycles. The molecule has 0 spiro atoms. The quantitative estimate of drug-likeness (QED) is 0.901. The lowest BCUT2D eigenvalue weighted by Crippen LogP contribution is -2.39. The van der Waals surface area contributed by atoms with E-state index in [-0.39, 0.29) is 12.4 Å². The Labute approximate surface area is 133 Å². The van der Waals surface area contributed by atoms with Gasteiger partial charge in [0.15, 0.2) is 0 Å². The standard InChI is InChI=1S/C14H23N3O2S.ClH/c1-16(2)20(18,19)14-5-3-4-12(10-14)11-17-8-6-13(15)7-9-17;/h3-5,10,13H,6-9,11,15H2,1-2H3;1H. The summed E-state index contributed by atoms with van der Waals surface area (Å²) >= 11 is 0. The van der Waals surface area contributed by atoms with Crippen molar-refractivity contribution < 1.29 is 8.42 Å². The van der Waals surface area contributed by atoms with Crippen molar-refractivity contribution in [3.63, 3.8) is 0 Å². The van der Waals surface area contributed by atoms with E-state index in [4.69, 9.17) is 5.73 Å². The second-order valence-corrected chi connectivity index (χ2v) is 7.70. The fourth-order valence-corrected chi connectivity index (χ4v) is 3.36. The lowest BCUT2D eigenvalue weighted by Gasteiger charge is -2.30. The summed E-state index contributed by atoms with van der Waals surface area (Å²) in [7, 11) is -0.255. The molecule has 1 saturated heterocycles. The van der Waals surface area contributed by atoms with E-state index in [1.54, 1.807) is 32.3 Å². The Bertz CT molecular complexity index is 555. The van der Waals surface area contributed by atoms with Gasteiger partial charge in [0, 0.05) is 26.7 Å². The number of halogens is 1. The van der Waals surface area contributed by atoms with Gasteiger partial charge in [-0.2, -0.15) is 0 Å². The molecule has 2 rings (SSSR count). The summed E-state index contributed by atoms with van der Waals surface area (Å²) in [6.45, 7) is 2.74. The smallest absolute Gasteiger partial charge is 0.242 e. The van der Waals surface area contributed by atoms with Crippen LogP contribution in [0.4, 0.5) is 0 Å². The first-order valence-corrected chi connectivity index (χ1v) is 8.33. The van der Waals surface area contributed by atoms with Crippen molar-refractivity contribution >= 4 is 22.4 Å². The van der Waals surface area contributed by atoms with Crippen molar-refractivity contribution in [1.29, 1.82) is 0 Å². The molecular weight excluding hydrogens is 310 g/mol. The van der Waals surface area contributed by atoms with Crippen molar-refractivity contribution in [1.82, 2.24) is 9.21 Å². The van der Waals surface area contributed by atoms with Crippen LogP contribution in [0.2, 0.25) is 0 Å². The number of rotatable bonds is 4. The molecule has 120 valence electrons. The van der Waals surface area contributed by atoms with Gasteiger partial charge in [-0.1, -0.05) is 12.1 Å². The molecule has 0 unspecified atom stereocenters. The maximum atomic E-state index is 12.1. The van der Waals surface area contributed by atoms with E-state index in [0.29, 0.717) is 10.9 Å². The van der Waals surface area contributed by atoms with Gasteiger partial charge in [0.25, 0.3) is 0 Å². The van der Waals surface area contributed by atoms with Crippen molar-refractivity contribution in [2.24, 2.45) is 5.73 Å². The zero-order valence-corrected chi connectivity index (χ0v) is 14.2. The predicted octanol–water partition coefficient (Wildman–Crippen LogP) is 1.28. The van der Waals surface area contributed by atoms with E-state index in [1.165, 1.54) is 4.31 Å². The number of hydrogen-bond acceptors (Lipinski definition) is 4. The Kier molecular flexibility index (Phi) is 6.62. The number of nitrogens with two attached hydrogens (primary N) is 1. The molecule has 21 heavy (non-hydrogen) atoms. The highest BCUT2D eigenvalue weighted by Gasteiger charge is 2.19. The number of sulfonamides is 1. The van der Waals surface area contributed by atoms with Crippen LogP contribution in [0.3, 0.4) is 0 Å². The third-order valence-corrected chi connectivity index (χ3v) is 5.53. The molecule has 1 fully saturated rings. The molecular formula is C14H24ClN3O2S. The molecule has 0 atom stereocenters. The summed E-state index contributed by atoms with van der Waals surface area (Å²) in [4.78, 5) is 2.68. The maximum absolute atomic E-state index is 12.1. The minimum atomic E-state index is -3.35. The lowest BCUT2D eigenvalue weighted by atomic mass is 10.1. The van der Waals surface area contributed by atoms with Crippen LogP contribution in [0.1, 0.15) is 18.4 Å². The third kappa shape index (κ3) is 4.66. The molecule has 0 aliphatic carbocycles. The first-order chi connectivity index (χ1) is 9.39. The summed E-state index contributed by atoms with van der Waals surface area (Å²) in [5.74, 6) is 0. The van der Waals surface area contributed by atoms with E-state index in [2.05, 4.69) is 4.90 Å². The van der Waals surface area contributed by atoms with E-state index in [1.807, 2.05) is 6.07 Å². The van der Waals surface area contributed by atoms with E-state index in [9.17, 15) is 8.42 Å². The fraction of sp³-hybridized carbons (Fsp3) is 0.571. The van der Waals surface area contributed by atoms with Crippen LogP contribution in [0.25, 0.3) is 0 Å². The summed E-state index contributed by atoms with van der Waals surface area (Å²) < 4.78 is 25.5. The SMILES string of the molecule is CN(C)S(=O)(=O)c1cccc(CN2CCC(N)CC2)c1.Cl. The first-order valence-electron chi connectivity index (χ1n) is 6.89. The van der Waals surface area contributed by atoms with Crippen LogP contribution in [-0.4, -0.2) is 50.8 Å². The van der Waals surface area contributed by atoms with Crippen LogP contribution in [0, 0.1) is 0 Å². The molecule has 0 aromatic heterocycles. The monoisotopic (exact) mass is 333 g/mol. The van der Waals surface area contributed by atoms with Gasteiger partial charge in [0.2, 0.25) is 10.0 Å². The van der Waals surface area contributed by atoms with Crippen molar-refractivity contribution in [2.45, 2.75) is 30.3 Å². The Balaban J connectivity index is 0.00000220. The van der Waals surface area contributed by atoms with E-state index in [0.717, 1.165) is 38.0 Å². The van der Waals surface area contributed by atoms with Gasteiger partial charge in [-0.3, -0.25) is 4.90 Å². The predicted molar refractivity (Wildman–Crippen MR) is 87.0 cm³/mol. The highest BCUT2D eigenvalue weighted by atomic mass is 35.5. The molecule has 0 amide bonds. The summed E-state index contributed by atoms with van der Waals surface area (Å²) in [6.07, 6.45) is 2.02. The highest BCUT2D eigenvalue weighted by molar-refractivity contribution is 7.89. The largest absolute Gasteiger partial charge is 0.328 e. The molecule has 1 heterocycles. The zero-order valence-electron chi connectivity index (χ0n) is 12.5. The number of likely N-dealkylation sites (tertiary alicyclic amines) is 1. The third-order valence-electron chi connectivity index (χ3n) is 3.72.